The summed E-state index contributed by atoms with van der Waals surface area (Å²) in [7, 11) is 0. The maximum Gasteiger partial charge on any atom is 0.335 e. The minimum absolute atomic E-state index is 0.00786. The van der Waals surface area contributed by atoms with Crippen LogP contribution >= 0.6 is 0 Å². The van der Waals surface area contributed by atoms with Gasteiger partial charge in [0.25, 0.3) is 0 Å². The van der Waals surface area contributed by atoms with Crippen LogP contribution in [0.1, 0.15) is 22.8 Å². The highest BCUT2D eigenvalue weighted by atomic mass is 16.5. The van der Waals surface area contributed by atoms with Crippen LogP contribution in [-0.4, -0.2) is 33.9 Å². The van der Waals surface area contributed by atoms with E-state index in [1.54, 1.807) is 0 Å². The van der Waals surface area contributed by atoms with Crippen LogP contribution in [0, 0.1) is 5.92 Å². The third-order valence-electron chi connectivity index (χ3n) is 2.37. The number of ether oxygens (including phenoxy) is 1. The molecule has 0 saturated heterocycles. The third kappa shape index (κ3) is 3.74. The maximum atomic E-state index is 10.7. The number of phenols is 1. The van der Waals surface area contributed by atoms with Crippen LogP contribution in [0.2, 0.25) is 0 Å². The van der Waals surface area contributed by atoms with Gasteiger partial charge in [0.15, 0.2) is 0 Å². The van der Waals surface area contributed by atoms with Gasteiger partial charge in [-0.25, -0.2) is 4.79 Å². The Morgan fingerprint density at radius 2 is 2.00 bits per heavy atom. The zero-order valence-corrected chi connectivity index (χ0v) is 9.79. The van der Waals surface area contributed by atoms with Crippen molar-refractivity contribution in [3.8, 4) is 5.75 Å². The molecule has 0 aromatic heterocycles. The molecule has 1 atom stereocenters. The monoisotopic (exact) mass is 254 g/mol. The van der Waals surface area contributed by atoms with Crippen LogP contribution < -0.4 is 0 Å². The lowest BCUT2D eigenvalue weighted by Crippen LogP contribution is -2.16. The Kier molecular flexibility index (Phi) is 4.67. The quantitative estimate of drug-likeness (QED) is 0.707. The lowest BCUT2D eigenvalue weighted by molar-refractivity contribution is -0.143. The molecule has 1 rings (SSSR count). The first kappa shape index (κ1) is 14.0. The van der Waals surface area contributed by atoms with E-state index in [0.29, 0.717) is 5.56 Å². The van der Waals surface area contributed by atoms with Gasteiger partial charge in [0.2, 0.25) is 0 Å². The highest BCUT2D eigenvalue weighted by molar-refractivity contribution is 5.88. The number of carbonyl (C=O) groups is 2. The Labute approximate surface area is 103 Å². The van der Waals surface area contributed by atoms with E-state index in [1.165, 1.54) is 25.1 Å². The van der Waals surface area contributed by atoms with Crippen molar-refractivity contribution in [1.82, 2.24) is 0 Å². The van der Waals surface area contributed by atoms with Gasteiger partial charge in [-0.1, -0.05) is 0 Å². The molecule has 0 saturated carbocycles. The molecule has 1 aromatic carbocycles. The van der Waals surface area contributed by atoms with E-state index >= 15 is 0 Å². The number of hydrogen-bond donors (Lipinski definition) is 3. The van der Waals surface area contributed by atoms with Crippen LogP contribution in [-0.2, 0) is 16.1 Å². The second-order valence-corrected chi connectivity index (χ2v) is 3.90. The lowest BCUT2D eigenvalue weighted by Gasteiger charge is -2.09. The number of carboxylic acids is 2. The van der Waals surface area contributed by atoms with E-state index < -0.39 is 17.9 Å². The molecule has 0 fully saturated rings. The summed E-state index contributed by atoms with van der Waals surface area (Å²) in [5, 5.41) is 26.9. The molecule has 0 heterocycles. The van der Waals surface area contributed by atoms with Crippen LogP contribution in [0.4, 0.5) is 0 Å². The molecule has 6 nitrogen and oxygen atoms in total. The summed E-state index contributed by atoms with van der Waals surface area (Å²) in [5.41, 5.74) is 0.352. The molecule has 0 amide bonds. The van der Waals surface area contributed by atoms with Crippen molar-refractivity contribution < 1.29 is 29.6 Å². The van der Waals surface area contributed by atoms with Crippen molar-refractivity contribution in [3.63, 3.8) is 0 Å². The van der Waals surface area contributed by atoms with Crippen LogP contribution in [0.25, 0.3) is 0 Å². The number of rotatable bonds is 6. The van der Waals surface area contributed by atoms with Gasteiger partial charge in [-0.15, -0.1) is 0 Å². The third-order valence-corrected chi connectivity index (χ3v) is 2.37. The Bertz CT molecular complexity index is 454. The average molecular weight is 254 g/mol. The molecule has 0 bridgehead atoms. The molecule has 0 aliphatic rings. The summed E-state index contributed by atoms with van der Waals surface area (Å²) in [6.07, 6.45) is 0. The minimum Gasteiger partial charge on any atom is -0.508 e. The highest BCUT2D eigenvalue weighted by Gasteiger charge is 2.12. The maximum absolute atomic E-state index is 10.7. The number of benzene rings is 1. The van der Waals surface area contributed by atoms with Crippen molar-refractivity contribution in [3.05, 3.63) is 29.3 Å². The molecule has 0 aliphatic carbocycles. The fourth-order valence-electron chi connectivity index (χ4n) is 1.25. The topological polar surface area (TPSA) is 104 Å². The van der Waals surface area contributed by atoms with Crippen LogP contribution in [0.5, 0.6) is 5.75 Å². The van der Waals surface area contributed by atoms with Crippen LogP contribution in [0.3, 0.4) is 0 Å². The van der Waals surface area contributed by atoms with Gasteiger partial charge >= 0.3 is 11.9 Å². The molecule has 0 radical (unpaired) electrons. The summed E-state index contributed by atoms with van der Waals surface area (Å²) in [5.74, 6) is -2.81. The smallest absolute Gasteiger partial charge is 0.335 e. The van der Waals surface area contributed by atoms with E-state index in [1.807, 2.05) is 0 Å². The number of carboxylic acid groups (broad SMARTS) is 2. The first-order valence-electron chi connectivity index (χ1n) is 5.27. The Morgan fingerprint density at radius 1 is 1.33 bits per heavy atom. The number of aromatic hydroxyl groups is 1. The molecule has 0 aliphatic heterocycles. The SMILES string of the molecule is C[C@H](COCc1cc(C(=O)O)ccc1O)C(=O)O. The second-order valence-electron chi connectivity index (χ2n) is 3.90. The van der Waals surface area contributed by atoms with Crippen molar-refractivity contribution >= 4 is 11.9 Å². The van der Waals surface area contributed by atoms with Gasteiger partial charge in [-0.2, -0.15) is 0 Å². The predicted molar refractivity (Wildman–Crippen MR) is 61.5 cm³/mol. The van der Waals surface area contributed by atoms with Crippen molar-refractivity contribution in [2.45, 2.75) is 13.5 Å². The van der Waals surface area contributed by atoms with E-state index in [0.717, 1.165) is 0 Å². The van der Waals surface area contributed by atoms with E-state index in [2.05, 4.69) is 0 Å². The Balaban J connectivity index is 2.64. The number of aliphatic carboxylic acids is 1. The summed E-state index contributed by atoms with van der Waals surface area (Å²) in [4.78, 5) is 21.3. The lowest BCUT2D eigenvalue weighted by atomic mass is 10.1. The summed E-state index contributed by atoms with van der Waals surface area (Å²) >= 11 is 0. The zero-order chi connectivity index (χ0) is 13.7. The average Bonchev–Trinajstić information content (AvgIpc) is 2.30. The van der Waals surface area contributed by atoms with E-state index in [4.69, 9.17) is 14.9 Å². The van der Waals surface area contributed by atoms with Gasteiger partial charge in [0.05, 0.1) is 24.7 Å². The van der Waals surface area contributed by atoms with Gasteiger partial charge in [0.1, 0.15) is 5.75 Å². The normalized spacial score (nSPS) is 12.1. The van der Waals surface area contributed by atoms with Crippen molar-refractivity contribution in [2.75, 3.05) is 6.61 Å². The van der Waals surface area contributed by atoms with Gasteiger partial charge in [0, 0.05) is 5.56 Å². The molecule has 0 spiro atoms. The molecule has 6 heteroatoms. The van der Waals surface area contributed by atoms with Crippen LogP contribution in [0.15, 0.2) is 18.2 Å². The van der Waals surface area contributed by atoms with Gasteiger partial charge < -0.3 is 20.1 Å². The predicted octanol–water partition coefficient (Wildman–Crippen LogP) is 1.33. The Morgan fingerprint density at radius 3 is 2.56 bits per heavy atom. The van der Waals surface area contributed by atoms with E-state index in [-0.39, 0.29) is 24.5 Å². The van der Waals surface area contributed by atoms with Crippen molar-refractivity contribution in [1.29, 1.82) is 0 Å². The summed E-state index contributed by atoms with van der Waals surface area (Å²) < 4.78 is 5.12. The fraction of sp³-hybridized carbons (Fsp3) is 0.333. The molecule has 98 valence electrons. The molecule has 0 unspecified atom stereocenters. The largest absolute Gasteiger partial charge is 0.508 e. The first-order valence-corrected chi connectivity index (χ1v) is 5.27. The van der Waals surface area contributed by atoms with Gasteiger partial charge in [-0.3, -0.25) is 4.79 Å². The first-order chi connectivity index (χ1) is 8.41. The molecule has 1 aromatic rings. The number of aromatic carboxylic acids is 1. The summed E-state index contributed by atoms with van der Waals surface area (Å²) in [6, 6.07) is 3.84. The standard InChI is InChI=1S/C12H14O6/c1-7(11(14)15)5-18-6-9-4-8(12(16)17)2-3-10(9)13/h2-4,7,13H,5-6H2,1H3,(H,14,15)(H,16,17)/t7-/m1/s1. The molecular weight excluding hydrogens is 240 g/mol. The summed E-state index contributed by atoms with van der Waals surface area (Å²) in [6.45, 7) is 1.45. The zero-order valence-electron chi connectivity index (χ0n) is 9.79. The molecule has 18 heavy (non-hydrogen) atoms. The van der Waals surface area contributed by atoms with Gasteiger partial charge in [-0.05, 0) is 25.1 Å². The Hall–Kier alpha value is -2.08. The second kappa shape index (κ2) is 6.02. The fourth-order valence-corrected chi connectivity index (χ4v) is 1.25. The van der Waals surface area contributed by atoms with Crippen molar-refractivity contribution in [2.24, 2.45) is 5.92 Å². The highest BCUT2D eigenvalue weighted by Crippen LogP contribution is 2.19. The number of phenolic OH excluding ortho intramolecular Hbond substituents is 1. The molecule has 3 N–H and O–H groups in total. The minimum atomic E-state index is -1.10. The number of hydrogen-bond acceptors (Lipinski definition) is 4. The van der Waals surface area contributed by atoms with E-state index in [9.17, 15) is 14.7 Å². The molecular formula is C12H14O6.